The zero-order valence-electron chi connectivity index (χ0n) is 23.1. The number of imide groups is 1. The summed E-state index contributed by atoms with van der Waals surface area (Å²) in [6.45, 7) is 3.57. The molecular formula is C31H35BrN2O7. The molecule has 0 unspecified atom stereocenters. The zero-order valence-corrected chi connectivity index (χ0v) is 24.7. The summed E-state index contributed by atoms with van der Waals surface area (Å²) in [5.74, 6) is -3.12. The second-order valence-corrected chi connectivity index (χ2v) is 11.6. The molecule has 41 heavy (non-hydrogen) atoms. The first-order valence-electron chi connectivity index (χ1n) is 13.9. The molecule has 0 saturated carbocycles. The molecule has 2 aromatic carbocycles. The summed E-state index contributed by atoms with van der Waals surface area (Å²) < 4.78 is 0.840. The monoisotopic (exact) mass is 626 g/mol. The summed E-state index contributed by atoms with van der Waals surface area (Å²) in [6.07, 6.45) is 4.38. The van der Waals surface area contributed by atoms with E-state index in [1.807, 2.05) is 19.1 Å². The fraction of sp³-hybridized carbons (Fsp3) is 0.419. The number of hydrogen-bond acceptors (Lipinski definition) is 7. The molecule has 4 rings (SSSR count). The number of amides is 2. The molecule has 9 nitrogen and oxygen atoms in total. The van der Waals surface area contributed by atoms with Crippen molar-refractivity contribution in [1.29, 1.82) is 0 Å². The number of phenols is 1. The highest BCUT2D eigenvalue weighted by atomic mass is 79.9. The quantitative estimate of drug-likeness (QED) is 0.122. The van der Waals surface area contributed by atoms with Gasteiger partial charge in [-0.3, -0.25) is 19.7 Å². The fourth-order valence-electron chi connectivity index (χ4n) is 6.23. The lowest BCUT2D eigenvalue weighted by molar-refractivity contribution is -0.384. The van der Waals surface area contributed by atoms with E-state index >= 15 is 0 Å². The topological polar surface area (TPSA) is 141 Å². The number of hydrogen-bond donors (Lipinski definition) is 3. The van der Waals surface area contributed by atoms with Crippen molar-refractivity contribution < 1.29 is 29.8 Å². The Morgan fingerprint density at radius 3 is 2.59 bits per heavy atom. The van der Waals surface area contributed by atoms with Crippen LogP contribution in [0.4, 0.5) is 11.4 Å². The first-order chi connectivity index (χ1) is 19.6. The number of anilines is 1. The molecule has 218 valence electrons. The van der Waals surface area contributed by atoms with Crippen molar-refractivity contribution in [3.05, 3.63) is 79.3 Å². The maximum absolute atomic E-state index is 13.7. The van der Waals surface area contributed by atoms with E-state index in [4.69, 9.17) is 0 Å². The van der Waals surface area contributed by atoms with E-state index < -0.39 is 47.2 Å². The number of carbonyl (C=O) groups excluding carboxylic acids is 2. The van der Waals surface area contributed by atoms with E-state index in [1.165, 1.54) is 24.3 Å². The van der Waals surface area contributed by atoms with Gasteiger partial charge in [-0.2, -0.15) is 0 Å². The number of halogens is 1. The molecule has 1 saturated heterocycles. The second kappa shape index (κ2) is 13.1. The van der Waals surface area contributed by atoms with Crippen LogP contribution in [0.5, 0.6) is 5.75 Å². The van der Waals surface area contributed by atoms with E-state index in [2.05, 4.69) is 22.9 Å². The number of rotatable bonds is 11. The minimum absolute atomic E-state index is 0.130. The number of aliphatic hydroxyl groups is 2. The highest BCUT2D eigenvalue weighted by Crippen LogP contribution is 2.48. The number of phenolic OH excluding ortho intramolecular Hbond substituents is 1. The molecule has 1 aliphatic carbocycles. The lowest BCUT2D eigenvalue weighted by atomic mass is 9.67. The molecule has 0 radical (unpaired) electrons. The summed E-state index contributed by atoms with van der Waals surface area (Å²) in [4.78, 5) is 38.9. The van der Waals surface area contributed by atoms with Crippen LogP contribution in [-0.4, -0.2) is 44.8 Å². The molecule has 4 atom stereocenters. The van der Waals surface area contributed by atoms with Crippen molar-refractivity contribution in [2.75, 3.05) is 11.5 Å². The number of non-ortho nitro benzene ring substituents is 1. The summed E-state index contributed by atoms with van der Waals surface area (Å²) in [7, 11) is 0. The Morgan fingerprint density at radius 2 is 1.93 bits per heavy atom. The third-order valence-corrected chi connectivity index (χ3v) is 8.62. The standard InChI is InChI=1S/C31H35BrN2O7/c1-3-6-18(13-20-14-21(32)10-12-26(20)36)9-11-27(37)28-19(4-2)15-24-29(25(28)17-35)31(39)33(30(24)38)22-7-5-8-23(16-22)34(40)41/h5,7-8,10,12-14,16,24-25,27,29,35-37H,3-4,6,9,11,15,17H2,1-2H3/b18-13+/t24-,25+,27-,29-/m1/s1. The molecule has 0 aromatic heterocycles. The van der Waals surface area contributed by atoms with Gasteiger partial charge in [-0.15, -0.1) is 0 Å². The smallest absolute Gasteiger partial charge is 0.271 e. The number of nitrogens with zero attached hydrogens (tertiary/aromatic N) is 2. The lowest BCUT2D eigenvalue weighted by Gasteiger charge is -2.36. The van der Waals surface area contributed by atoms with Crippen molar-refractivity contribution in [3.8, 4) is 5.75 Å². The highest BCUT2D eigenvalue weighted by Gasteiger charge is 2.55. The van der Waals surface area contributed by atoms with E-state index in [1.54, 1.807) is 12.1 Å². The average Bonchev–Trinajstić information content (AvgIpc) is 3.21. The van der Waals surface area contributed by atoms with Gasteiger partial charge in [-0.25, -0.2) is 4.90 Å². The minimum atomic E-state index is -0.936. The summed E-state index contributed by atoms with van der Waals surface area (Å²) in [5, 5.41) is 43.6. The third-order valence-electron chi connectivity index (χ3n) is 8.12. The summed E-state index contributed by atoms with van der Waals surface area (Å²) >= 11 is 3.43. The van der Waals surface area contributed by atoms with Gasteiger partial charge >= 0.3 is 0 Å². The first-order valence-corrected chi connectivity index (χ1v) is 14.7. The molecular weight excluding hydrogens is 592 g/mol. The van der Waals surface area contributed by atoms with Crippen molar-refractivity contribution in [2.24, 2.45) is 17.8 Å². The molecule has 0 spiro atoms. The van der Waals surface area contributed by atoms with Crippen LogP contribution in [0.3, 0.4) is 0 Å². The van der Waals surface area contributed by atoms with Crippen LogP contribution in [0.25, 0.3) is 6.08 Å². The van der Waals surface area contributed by atoms with Gasteiger partial charge in [-0.05, 0) is 61.9 Å². The Hall–Kier alpha value is -3.34. The van der Waals surface area contributed by atoms with Gasteiger partial charge < -0.3 is 15.3 Å². The van der Waals surface area contributed by atoms with E-state index in [-0.39, 0.29) is 23.5 Å². The summed E-state index contributed by atoms with van der Waals surface area (Å²) in [5.41, 5.74) is 3.09. The van der Waals surface area contributed by atoms with E-state index in [9.17, 15) is 35.0 Å². The van der Waals surface area contributed by atoms with Crippen molar-refractivity contribution in [2.45, 2.75) is 58.5 Å². The van der Waals surface area contributed by atoms with E-state index in [0.717, 1.165) is 33.4 Å². The number of allylic oxidation sites excluding steroid dienone is 2. The van der Waals surface area contributed by atoms with Gasteiger partial charge in [0, 0.05) is 28.1 Å². The predicted molar refractivity (Wildman–Crippen MR) is 159 cm³/mol. The number of aliphatic hydroxyl groups excluding tert-OH is 2. The second-order valence-electron chi connectivity index (χ2n) is 10.6. The molecule has 1 fully saturated rings. The third kappa shape index (κ3) is 6.29. The number of nitro benzene ring substituents is 1. The Kier molecular flexibility index (Phi) is 9.78. The van der Waals surface area contributed by atoms with Crippen LogP contribution in [0, 0.1) is 27.9 Å². The molecule has 1 aliphatic heterocycles. The van der Waals surface area contributed by atoms with Crippen LogP contribution < -0.4 is 4.90 Å². The highest BCUT2D eigenvalue weighted by molar-refractivity contribution is 9.10. The largest absolute Gasteiger partial charge is 0.507 e. The first kappa shape index (κ1) is 30.6. The van der Waals surface area contributed by atoms with Gasteiger partial charge in [0.1, 0.15) is 5.75 Å². The van der Waals surface area contributed by atoms with Gasteiger partial charge in [0.15, 0.2) is 0 Å². The minimum Gasteiger partial charge on any atom is -0.507 e. The Bertz CT molecular complexity index is 1400. The summed E-state index contributed by atoms with van der Waals surface area (Å²) in [6, 6.07) is 10.6. The fourth-order valence-corrected chi connectivity index (χ4v) is 6.61. The lowest BCUT2D eigenvalue weighted by Crippen LogP contribution is -2.39. The molecule has 2 aliphatic rings. The Balaban J connectivity index is 1.60. The number of fused-ring (bicyclic) bond motifs is 1. The number of carbonyl (C=O) groups is 2. The van der Waals surface area contributed by atoms with Crippen LogP contribution in [0.15, 0.2) is 63.7 Å². The SMILES string of the molecule is CCC/C(=C\c1cc(Br)ccc1O)CC[C@@H](O)C1=C(CC)C[C@H]2C(=O)N(c3cccc([N+](=O)[O-])c3)C(=O)[C@H]2[C@H]1CO. The molecule has 10 heteroatoms. The van der Waals surface area contributed by atoms with Crippen molar-refractivity contribution >= 4 is 45.2 Å². The Labute approximate surface area is 247 Å². The molecule has 2 aromatic rings. The maximum Gasteiger partial charge on any atom is 0.271 e. The van der Waals surface area contributed by atoms with Crippen molar-refractivity contribution in [3.63, 3.8) is 0 Å². The molecule has 0 bridgehead atoms. The van der Waals surface area contributed by atoms with Gasteiger partial charge in [0.2, 0.25) is 11.8 Å². The van der Waals surface area contributed by atoms with Crippen LogP contribution in [0.1, 0.15) is 57.9 Å². The van der Waals surface area contributed by atoms with Gasteiger partial charge in [0.05, 0.1) is 35.2 Å². The zero-order chi connectivity index (χ0) is 29.8. The van der Waals surface area contributed by atoms with Crippen molar-refractivity contribution in [1.82, 2.24) is 0 Å². The Morgan fingerprint density at radius 1 is 1.17 bits per heavy atom. The molecule has 3 N–H and O–H groups in total. The number of benzene rings is 2. The average molecular weight is 628 g/mol. The molecule has 2 amide bonds. The number of nitro groups is 1. The normalized spacial score (nSPS) is 21.8. The molecule has 1 heterocycles. The van der Waals surface area contributed by atoms with Crippen LogP contribution in [0.2, 0.25) is 0 Å². The maximum atomic E-state index is 13.7. The number of aromatic hydroxyl groups is 1. The van der Waals surface area contributed by atoms with Gasteiger partial charge in [-0.1, -0.05) is 59.5 Å². The van der Waals surface area contributed by atoms with Crippen LogP contribution >= 0.6 is 15.9 Å². The van der Waals surface area contributed by atoms with Gasteiger partial charge in [0.25, 0.3) is 5.69 Å². The van der Waals surface area contributed by atoms with E-state index in [0.29, 0.717) is 30.4 Å². The van der Waals surface area contributed by atoms with Crippen LogP contribution in [-0.2, 0) is 9.59 Å². The predicted octanol–water partition coefficient (Wildman–Crippen LogP) is 5.91.